The van der Waals surface area contributed by atoms with Crippen LogP contribution in [-0.4, -0.2) is 89.9 Å². The molecule has 134 valence electrons. The molecule has 0 atom stereocenters. The monoisotopic (exact) mass is 356 g/mol. The fourth-order valence-corrected chi connectivity index (χ4v) is 5.67. The molecule has 0 heterocycles. The van der Waals surface area contributed by atoms with Crippen LogP contribution >= 0.6 is 0 Å². The van der Waals surface area contributed by atoms with Gasteiger partial charge in [0.15, 0.2) is 19.7 Å². The first-order valence-corrected chi connectivity index (χ1v) is 11.5. The molecule has 0 N–H and O–H groups in total. The van der Waals surface area contributed by atoms with Crippen LogP contribution in [0.15, 0.2) is 0 Å². The second kappa shape index (κ2) is 10.6. The van der Waals surface area contributed by atoms with Crippen LogP contribution in [0, 0.1) is 0 Å². The summed E-state index contributed by atoms with van der Waals surface area (Å²) in [5.74, 6) is -0.418. The Bertz CT molecular complexity index is 487. The van der Waals surface area contributed by atoms with Crippen LogP contribution in [0.25, 0.3) is 0 Å². The molecule has 0 aliphatic heterocycles. The topological polar surface area (TPSA) is 74.8 Å². The van der Waals surface area contributed by atoms with Gasteiger partial charge in [-0.15, -0.1) is 0 Å². The van der Waals surface area contributed by atoms with Crippen molar-refractivity contribution in [1.82, 2.24) is 9.80 Å². The number of hydrogen-bond acceptors (Lipinski definition) is 6. The van der Waals surface area contributed by atoms with Gasteiger partial charge >= 0.3 is 0 Å². The van der Waals surface area contributed by atoms with Crippen LogP contribution in [0.5, 0.6) is 0 Å². The summed E-state index contributed by atoms with van der Waals surface area (Å²) >= 11 is 0. The fraction of sp³-hybridized carbons (Fsp3) is 1.00. The first-order valence-electron chi connectivity index (χ1n) is 7.89. The van der Waals surface area contributed by atoms with Crippen molar-refractivity contribution in [2.45, 2.75) is 26.7 Å². The zero-order chi connectivity index (χ0) is 17.2. The molecule has 0 aliphatic rings. The summed E-state index contributed by atoms with van der Waals surface area (Å²) in [6, 6.07) is 0. The Morgan fingerprint density at radius 1 is 0.727 bits per heavy atom. The molecular formula is C14H32N2O4S2. The fourth-order valence-electron chi connectivity index (χ4n) is 2.08. The van der Waals surface area contributed by atoms with Gasteiger partial charge in [0.05, 0.1) is 17.3 Å². The summed E-state index contributed by atoms with van der Waals surface area (Å²) in [4.78, 5) is 4.20. The van der Waals surface area contributed by atoms with Gasteiger partial charge in [0.1, 0.15) is 0 Å². The van der Waals surface area contributed by atoms with Crippen molar-refractivity contribution in [2.24, 2.45) is 0 Å². The average molecular weight is 357 g/mol. The maximum absolute atomic E-state index is 12.0. The molecule has 0 aromatic rings. The van der Waals surface area contributed by atoms with E-state index < -0.39 is 19.7 Å². The van der Waals surface area contributed by atoms with Crippen LogP contribution in [-0.2, 0) is 19.7 Å². The van der Waals surface area contributed by atoms with E-state index in [9.17, 15) is 16.8 Å². The number of rotatable bonds is 13. The van der Waals surface area contributed by atoms with Gasteiger partial charge in [-0.05, 0) is 46.6 Å². The number of sulfone groups is 2. The lowest BCUT2D eigenvalue weighted by Gasteiger charge is -2.21. The largest absolute Gasteiger partial charge is 0.309 e. The predicted molar refractivity (Wildman–Crippen MR) is 92.9 cm³/mol. The SMILES string of the molecule is CCCS(=O)(=O)CCS(=O)(=O)CCN(CC)CCCN(C)C. The molecule has 0 bridgehead atoms. The normalized spacial score (nSPS) is 13.2. The molecule has 0 rings (SSSR count). The molecule has 0 saturated heterocycles. The third-order valence-corrected chi connectivity index (χ3v) is 7.21. The van der Waals surface area contributed by atoms with Gasteiger partial charge in [0, 0.05) is 12.3 Å². The van der Waals surface area contributed by atoms with Crippen molar-refractivity contribution in [3.63, 3.8) is 0 Å². The molecule has 0 aromatic carbocycles. The van der Waals surface area contributed by atoms with Crippen LogP contribution < -0.4 is 0 Å². The van der Waals surface area contributed by atoms with E-state index >= 15 is 0 Å². The van der Waals surface area contributed by atoms with Crippen LogP contribution in [0.1, 0.15) is 26.7 Å². The van der Waals surface area contributed by atoms with Gasteiger partial charge in [-0.3, -0.25) is 0 Å². The van der Waals surface area contributed by atoms with Gasteiger partial charge in [-0.1, -0.05) is 13.8 Å². The van der Waals surface area contributed by atoms with Crippen LogP contribution in [0.3, 0.4) is 0 Å². The van der Waals surface area contributed by atoms with Crippen LogP contribution in [0.4, 0.5) is 0 Å². The lowest BCUT2D eigenvalue weighted by molar-refractivity contribution is 0.279. The predicted octanol–water partition coefficient (Wildman–Crippen LogP) is 0.500. The second-order valence-electron chi connectivity index (χ2n) is 5.89. The van der Waals surface area contributed by atoms with Gasteiger partial charge in [0.25, 0.3) is 0 Å². The Morgan fingerprint density at radius 2 is 1.27 bits per heavy atom. The maximum atomic E-state index is 12.0. The first kappa shape index (κ1) is 21.8. The smallest absolute Gasteiger partial charge is 0.152 e. The summed E-state index contributed by atoms with van der Waals surface area (Å²) in [6.07, 6.45) is 1.52. The molecule has 8 heteroatoms. The summed E-state index contributed by atoms with van der Waals surface area (Å²) in [5.41, 5.74) is 0. The summed E-state index contributed by atoms with van der Waals surface area (Å²) < 4.78 is 47.2. The van der Waals surface area contributed by atoms with Crippen molar-refractivity contribution in [3.8, 4) is 0 Å². The highest BCUT2D eigenvalue weighted by atomic mass is 32.2. The Kier molecular flexibility index (Phi) is 10.5. The average Bonchev–Trinajstić information content (AvgIpc) is 2.40. The lowest BCUT2D eigenvalue weighted by Crippen LogP contribution is -2.33. The molecule has 6 nitrogen and oxygen atoms in total. The standard InChI is InChI=1S/C14H32N2O4S2/c1-5-11-21(17,18)13-14-22(19,20)12-10-16(6-2)9-7-8-15(3)4/h5-14H2,1-4H3. The van der Waals surface area contributed by atoms with Gasteiger partial charge in [0.2, 0.25) is 0 Å². The number of nitrogens with zero attached hydrogens (tertiary/aromatic N) is 2. The van der Waals surface area contributed by atoms with Crippen molar-refractivity contribution in [3.05, 3.63) is 0 Å². The molecule has 0 spiro atoms. The van der Waals surface area contributed by atoms with E-state index in [2.05, 4.69) is 9.80 Å². The molecule has 0 amide bonds. The van der Waals surface area contributed by atoms with E-state index in [1.165, 1.54) is 0 Å². The minimum absolute atomic E-state index is 0.0322. The highest BCUT2D eigenvalue weighted by molar-refractivity contribution is 7.95. The Balaban J connectivity index is 4.23. The van der Waals surface area contributed by atoms with Crippen LogP contribution in [0.2, 0.25) is 0 Å². The number of hydrogen-bond donors (Lipinski definition) is 0. The molecule has 0 aromatic heterocycles. The third-order valence-electron chi connectivity index (χ3n) is 3.47. The van der Waals surface area contributed by atoms with Crippen molar-refractivity contribution >= 4 is 19.7 Å². The second-order valence-corrected chi connectivity index (χ2v) is 10.5. The van der Waals surface area contributed by atoms with Crippen molar-refractivity contribution < 1.29 is 16.8 Å². The third kappa shape index (κ3) is 11.4. The minimum atomic E-state index is -3.31. The van der Waals surface area contributed by atoms with E-state index in [0.29, 0.717) is 13.0 Å². The van der Waals surface area contributed by atoms with E-state index in [1.807, 2.05) is 21.0 Å². The minimum Gasteiger partial charge on any atom is -0.309 e. The Morgan fingerprint density at radius 3 is 1.73 bits per heavy atom. The van der Waals surface area contributed by atoms with Gasteiger partial charge in [-0.25, -0.2) is 16.8 Å². The highest BCUT2D eigenvalue weighted by Crippen LogP contribution is 2.01. The van der Waals surface area contributed by atoms with E-state index in [0.717, 1.165) is 26.1 Å². The zero-order valence-electron chi connectivity index (χ0n) is 14.4. The molecular weight excluding hydrogens is 324 g/mol. The molecule has 0 saturated carbocycles. The first-order chi connectivity index (χ1) is 10.1. The van der Waals surface area contributed by atoms with E-state index in [-0.39, 0.29) is 23.0 Å². The summed E-state index contributed by atoms with van der Waals surface area (Å²) in [7, 11) is -2.52. The van der Waals surface area contributed by atoms with E-state index in [4.69, 9.17) is 0 Å². The molecule has 0 unspecified atom stereocenters. The Labute approximate surface area is 136 Å². The van der Waals surface area contributed by atoms with E-state index in [1.54, 1.807) is 6.92 Å². The Hall–Kier alpha value is -0.180. The maximum Gasteiger partial charge on any atom is 0.152 e. The molecule has 22 heavy (non-hydrogen) atoms. The molecule has 0 radical (unpaired) electrons. The summed E-state index contributed by atoms with van der Waals surface area (Å²) in [5, 5.41) is 0. The summed E-state index contributed by atoms with van der Waals surface area (Å²) in [6.45, 7) is 6.89. The zero-order valence-corrected chi connectivity index (χ0v) is 16.0. The van der Waals surface area contributed by atoms with Crippen molar-refractivity contribution in [1.29, 1.82) is 0 Å². The van der Waals surface area contributed by atoms with Crippen molar-refractivity contribution in [2.75, 3.05) is 63.3 Å². The highest BCUT2D eigenvalue weighted by Gasteiger charge is 2.18. The van der Waals surface area contributed by atoms with Gasteiger partial charge in [-0.2, -0.15) is 0 Å². The van der Waals surface area contributed by atoms with Gasteiger partial charge < -0.3 is 9.80 Å². The molecule has 0 aliphatic carbocycles. The molecule has 0 fully saturated rings. The lowest BCUT2D eigenvalue weighted by atomic mass is 10.3. The quantitative estimate of drug-likeness (QED) is 0.478.